The van der Waals surface area contributed by atoms with Crippen LogP contribution in [-0.4, -0.2) is 18.7 Å². The van der Waals surface area contributed by atoms with E-state index in [1.165, 1.54) is 0 Å². The van der Waals surface area contributed by atoms with Gasteiger partial charge in [-0.25, -0.2) is 0 Å². The first-order valence-electron chi connectivity index (χ1n) is 7.61. The monoisotopic (exact) mass is 352 g/mol. The number of benzene rings is 2. The second-order valence-electron chi connectivity index (χ2n) is 5.01. The Morgan fingerprint density at radius 2 is 1.88 bits per heavy atom. The van der Waals surface area contributed by atoms with Crippen molar-refractivity contribution in [2.24, 2.45) is 5.16 Å². The molecule has 6 heteroatoms. The maximum absolute atomic E-state index is 11.9. The Balaban J connectivity index is 1.50. The predicted molar refractivity (Wildman–Crippen MR) is 99.5 cm³/mol. The van der Waals surface area contributed by atoms with E-state index >= 15 is 0 Å². The quantitative estimate of drug-likeness (QED) is 0.502. The lowest BCUT2D eigenvalue weighted by Crippen LogP contribution is -2.16. The molecular formula is C19H16N2O3S. The summed E-state index contributed by atoms with van der Waals surface area (Å²) in [4.78, 5) is 17.9. The molecule has 2 aromatic carbocycles. The molecule has 0 bridgehead atoms. The van der Waals surface area contributed by atoms with Crippen LogP contribution in [0, 0.1) is 0 Å². The number of hydrogen-bond donors (Lipinski definition) is 1. The molecule has 0 fully saturated rings. The molecule has 1 amide bonds. The van der Waals surface area contributed by atoms with Gasteiger partial charge in [0.05, 0.1) is 6.21 Å². The van der Waals surface area contributed by atoms with E-state index in [0.29, 0.717) is 11.4 Å². The molecule has 5 nitrogen and oxygen atoms in total. The Morgan fingerprint density at radius 3 is 2.68 bits per heavy atom. The van der Waals surface area contributed by atoms with Gasteiger partial charge in [-0.3, -0.25) is 4.79 Å². The van der Waals surface area contributed by atoms with Crippen molar-refractivity contribution < 1.29 is 14.4 Å². The third-order valence-corrected chi connectivity index (χ3v) is 3.90. The molecule has 0 unspecified atom stereocenters. The van der Waals surface area contributed by atoms with Gasteiger partial charge in [-0.15, -0.1) is 11.3 Å². The lowest BCUT2D eigenvalue weighted by atomic mass is 10.3. The van der Waals surface area contributed by atoms with Gasteiger partial charge in [0.15, 0.2) is 6.61 Å². The van der Waals surface area contributed by atoms with Gasteiger partial charge in [0.25, 0.3) is 5.91 Å². The number of para-hydroxylation sites is 1. The van der Waals surface area contributed by atoms with Gasteiger partial charge >= 0.3 is 0 Å². The highest BCUT2D eigenvalue weighted by Crippen LogP contribution is 2.23. The summed E-state index contributed by atoms with van der Waals surface area (Å²) in [5.41, 5.74) is 0.629. The topological polar surface area (TPSA) is 59.9 Å². The number of nitrogens with zero attached hydrogens (tertiary/aromatic N) is 1. The number of thiophene rings is 1. The molecule has 0 spiro atoms. The van der Waals surface area contributed by atoms with E-state index in [1.54, 1.807) is 29.7 Å². The SMILES string of the molecule is O=C(CO/N=C/c1cccs1)Nc1cccc(Oc2ccccc2)c1. The Hall–Kier alpha value is -3.12. The highest BCUT2D eigenvalue weighted by molar-refractivity contribution is 7.11. The predicted octanol–water partition coefficient (Wildman–Crippen LogP) is 4.53. The minimum absolute atomic E-state index is 0.161. The van der Waals surface area contributed by atoms with Crippen molar-refractivity contribution in [3.05, 3.63) is 77.0 Å². The summed E-state index contributed by atoms with van der Waals surface area (Å²) >= 11 is 1.54. The van der Waals surface area contributed by atoms with Gasteiger partial charge in [-0.05, 0) is 35.7 Å². The number of ether oxygens (including phenoxy) is 1. The molecule has 0 atom stereocenters. The number of hydrogen-bond acceptors (Lipinski definition) is 5. The van der Waals surface area contributed by atoms with Crippen LogP contribution < -0.4 is 10.1 Å². The van der Waals surface area contributed by atoms with E-state index in [2.05, 4.69) is 10.5 Å². The zero-order valence-electron chi connectivity index (χ0n) is 13.3. The number of rotatable bonds is 7. The third kappa shape index (κ3) is 5.47. The van der Waals surface area contributed by atoms with Gasteiger partial charge in [0.1, 0.15) is 11.5 Å². The molecule has 25 heavy (non-hydrogen) atoms. The summed E-state index contributed by atoms with van der Waals surface area (Å²) in [6, 6.07) is 20.4. The van der Waals surface area contributed by atoms with Gasteiger partial charge < -0.3 is 14.9 Å². The number of anilines is 1. The van der Waals surface area contributed by atoms with Crippen LogP contribution in [0.25, 0.3) is 0 Å². The molecule has 0 saturated heterocycles. The number of amides is 1. The van der Waals surface area contributed by atoms with Crippen molar-refractivity contribution in [3.8, 4) is 11.5 Å². The lowest BCUT2D eigenvalue weighted by Gasteiger charge is -2.08. The van der Waals surface area contributed by atoms with Gasteiger partial charge in [-0.2, -0.15) is 0 Å². The molecule has 1 aromatic heterocycles. The molecule has 0 aliphatic carbocycles. The maximum Gasteiger partial charge on any atom is 0.265 e. The molecule has 3 rings (SSSR count). The molecule has 0 saturated carbocycles. The third-order valence-electron chi connectivity index (χ3n) is 3.09. The summed E-state index contributed by atoms with van der Waals surface area (Å²) in [6.07, 6.45) is 1.58. The standard InChI is InChI=1S/C19H16N2O3S/c22-19(14-23-20-13-18-10-5-11-25-18)21-15-6-4-9-17(12-15)24-16-7-2-1-3-8-16/h1-13H,14H2,(H,21,22)/b20-13+. The summed E-state index contributed by atoms with van der Waals surface area (Å²) in [7, 11) is 0. The van der Waals surface area contributed by atoms with E-state index in [4.69, 9.17) is 9.57 Å². The average molecular weight is 352 g/mol. The smallest absolute Gasteiger partial charge is 0.265 e. The van der Waals surface area contributed by atoms with Crippen LogP contribution in [0.3, 0.4) is 0 Å². The zero-order chi connectivity index (χ0) is 17.3. The minimum atomic E-state index is -0.291. The summed E-state index contributed by atoms with van der Waals surface area (Å²) in [5.74, 6) is 1.08. The highest BCUT2D eigenvalue weighted by atomic mass is 32.1. The molecule has 1 heterocycles. The van der Waals surface area contributed by atoms with E-state index in [9.17, 15) is 4.79 Å². The van der Waals surface area contributed by atoms with E-state index in [-0.39, 0.29) is 12.5 Å². The van der Waals surface area contributed by atoms with Crippen molar-refractivity contribution >= 4 is 29.1 Å². The molecule has 1 N–H and O–H groups in total. The van der Waals surface area contributed by atoms with Crippen LogP contribution in [0.15, 0.2) is 77.3 Å². The van der Waals surface area contributed by atoms with Crippen LogP contribution >= 0.6 is 11.3 Å². The first-order chi connectivity index (χ1) is 12.3. The molecule has 0 radical (unpaired) electrons. The Bertz CT molecular complexity index is 833. The Kier molecular flexibility index (Phi) is 5.79. The van der Waals surface area contributed by atoms with E-state index < -0.39 is 0 Å². The fourth-order valence-electron chi connectivity index (χ4n) is 2.01. The second kappa shape index (κ2) is 8.65. The Labute approximate surface area is 149 Å². The molecule has 126 valence electrons. The maximum atomic E-state index is 11.9. The van der Waals surface area contributed by atoms with Crippen molar-refractivity contribution in [3.63, 3.8) is 0 Å². The fourth-order valence-corrected chi connectivity index (χ4v) is 2.58. The first-order valence-corrected chi connectivity index (χ1v) is 8.49. The second-order valence-corrected chi connectivity index (χ2v) is 5.99. The highest BCUT2D eigenvalue weighted by Gasteiger charge is 2.04. The van der Waals surface area contributed by atoms with Crippen LogP contribution in [0.4, 0.5) is 5.69 Å². The van der Waals surface area contributed by atoms with Gasteiger partial charge in [0.2, 0.25) is 0 Å². The molecular weight excluding hydrogens is 336 g/mol. The molecule has 0 aliphatic heterocycles. The van der Waals surface area contributed by atoms with Crippen LogP contribution in [0.5, 0.6) is 11.5 Å². The van der Waals surface area contributed by atoms with Crippen molar-refractivity contribution in [1.29, 1.82) is 0 Å². The van der Waals surface area contributed by atoms with Crippen molar-refractivity contribution in [2.45, 2.75) is 0 Å². The Morgan fingerprint density at radius 1 is 1.04 bits per heavy atom. The van der Waals surface area contributed by atoms with Crippen molar-refractivity contribution in [2.75, 3.05) is 11.9 Å². The van der Waals surface area contributed by atoms with E-state index in [1.807, 2.05) is 60.0 Å². The molecule has 0 aliphatic rings. The van der Waals surface area contributed by atoms with Gasteiger partial charge in [-0.1, -0.05) is 35.5 Å². The zero-order valence-corrected chi connectivity index (χ0v) is 14.1. The minimum Gasteiger partial charge on any atom is -0.457 e. The summed E-state index contributed by atoms with van der Waals surface area (Å²) in [6.45, 7) is -0.161. The summed E-state index contributed by atoms with van der Waals surface area (Å²) in [5, 5.41) is 8.46. The largest absolute Gasteiger partial charge is 0.457 e. The fraction of sp³-hybridized carbons (Fsp3) is 0.0526. The number of oxime groups is 1. The average Bonchev–Trinajstić information content (AvgIpc) is 3.13. The van der Waals surface area contributed by atoms with Crippen LogP contribution in [-0.2, 0) is 9.63 Å². The summed E-state index contributed by atoms with van der Waals surface area (Å²) < 4.78 is 5.74. The number of carbonyl (C=O) groups is 1. The van der Waals surface area contributed by atoms with Gasteiger partial charge in [0, 0.05) is 16.6 Å². The van der Waals surface area contributed by atoms with Crippen molar-refractivity contribution in [1.82, 2.24) is 0 Å². The van der Waals surface area contributed by atoms with Crippen LogP contribution in [0.2, 0.25) is 0 Å². The van der Waals surface area contributed by atoms with Crippen LogP contribution in [0.1, 0.15) is 4.88 Å². The lowest BCUT2D eigenvalue weighted by molar-refractivity contribution is -0.120. The first kappa shape index (κ1) is 16.7. The molecule has 3 aromatic rings. The number of nitrogens with one attached hydrogen (secondary N) is 1. The normalized spacial score (nSPS) is 10.6. The van der Waals surface area contributed by atoms with E-state index in [0.717, 1.165) is 10.6 Å². The number of carbonyl (C=O) groups excluding carboxylic acids is 1.